The lowest BCUT2D eigenvalue weighted by molar-refractivity contribution is 0.0691. The summed E-state index contributed by atoms with van der Waals surface area (Å²) in [5.41, 5.74) is 0.975. The summed E-state index contributed by atoms with van der Waals surface area (Å²) in [4.78, 5) is 14.8. The number of ether oxygens (including phenoxy) is 1. The van der Waals surface area contributed by atoms with E-state index >= 15 is 0 Å². The van der Waals surface area contributed by atoms with Gasteiger partial charge >= 0.3 is 5.97 Å². The van der Waals surface area contributed by atoms with Crippen LogP contribution in [0.1, 0.15) is 21.7 Å². The molecule has 2 rings (SSSR count). The van der Waals surface area contributed by atoms with Crippen LogP contribution in [0.4, 0.5) is 0 Å². The Morgan fingerprint density at radius 1 is 1.53 bits per heavy atom. The van der Waals surface area contributed by atoms with Crippen molar-refractivity contribution in [2.75, 3.05) is 0 Å². The van der Waals surface area contributed by atoms with Crippen LogP contribution in [-0.2, 0) is 6.61 Å². The molecule has 0 saturated heterocycles. The summed E-state index contributed by atoms with van der Waals surface area (Å²) in [7, 11) is 0. The first-order valence-corrected chi connectivity index (χ1v) is 4.89. The number of aryl methyl sites for hydroxylation is 1. The number of benzene rings is 1. The maximum Gasteiger partial charge on any atom is 0.339 e. The lowest BCUT2D eigenvalue weighted by Crippen LogP contribution is -2.04. The summed E-state index contributed by atoms with van der Waals surface area (Å²) >= 11 is 0. The first-order valence-electron chi connectivity index (χ1n) is 4.89. The normalized spacial score (nSPS) is 10.2. The maximum atomic E-state index is 11.0. The predicted octanol–water partition coefficient (Wildman–Crippen LogP) is 1.66. The smallest absolute Gasteiger partial charge is 0.339 e. The number of aromatic carboxylic acids is 1. The van der Waals surface area contributed by atoms with Crippen molar-refractivity contribution in [3.8, 4) is 5.75 Å². The number of rotatable bonds is 4. The van der Waals surface area contributed by atoms with Crippen LogP contribution in [0.15, 0.2) is 29.1 Å². The molecule has 0 spiro atoms. The zero-order valence-electron chi connectivity index (χ0n) is 9.08. The zero-order chi connectivity index (χ0) is 12.3. The molecular weight excluding hydrogens is 224 g/mol. The van der Waals surface area contributed by atoms with E-state index in [2.05, 4.69) is 14.7 Å². The molecule has 1 N–H and O–H groups in total. The average Bonchev–Trinajstić information content (AvgIpc) is 2.80. The Kier molecular flexibility index (Phi) is 3.04. The van der Waals surface area contributed by atoms with E-state index in [9.17, 15) is 4.79 Å². The number of hydrogen-bond acceptors (Lipinski definition) is 5. The predicted molar refractivity (Wildman–Crippen MR) is 56.8 cm³/mol. The van der Waals surface area contributed by atoms with E-state index in [1.54, 1.807) is 18.2 Å². The minimum atomic E-state index is -1.03. The van der Waals surface area contributed by atoms with Crippen LogP contribution in [0.3, 0.4) is 0 Å². The lowest BCUT2D eigenvalue weighted by Gasteiger charge is -2.07. The minimum absolute atomic E-state index is 0.0693. The van der Waals surface area contributed by atoms with Crippen molar-refractivity contribution < 1.29 is 19.2 Å². The van der Waals surface area contributed by atoms with E-state index < -0.39 is 5.97 Å². The highest BCUT2D eigenvalue weighted by molar-refractivity contribution is 5.91. The molecule has 0 amide bonds. The molecule has 17 heavy (non-hydrogen) atoms. The van der Waals surface area contributed by atoms with E-state index in [4.69, 9.17) is 9.84 Å². The monoisotopic (exact) mass is 234 g/mol. The highest BCUT2D eigenvalue weighted by Crippen LogP contribution is 2.20. The Morgan fingerprint density at radius 2 is 2.35 bits per heavy atom. The van der Waals surface area contributed by atoms with Gasteiger partial charge in [0.05, 0.1) is 0 Å². The van der Waals surface area contributed by atoms with Gasteiger partial charge in [-0.2, -0.15) is 4.98 Å². The van der Waals surface area contributed by atoms with Crippen molar-refractivity contribution in [3.05, 3.63) is 41.5 Å². The fraction of sp³-hybridized carbons (Fsp3) is 0.182. The molecule has 0 radical (unpaired) electrons. The van der Waals surface area contributed by atoms with Crippen LogP contribution in [0, 0.1) is 6.92 Å². The number of hydrogen-bond donors (Lipinski definition) is 1. The molecule has 0 fully saturated rings. The van der Waals surface area contributed by atoms with Gasteiger partial charge in [0.2, 0.25) is 12.2 Å². The molecule has 88 valence electrons. The molecular formula is C11H10N2O4. The summed E-state index contributed by atoms with van der Waals surface area (Å²) < 4.78 is 9.87. The molecule has 0 aliphatic carbocycles. The molecule has 0 unspecified atom stereocenters. The van der Waals surface area contributed by atoms with E-state index in [0.717, 1.165) is 5.56 Å². The summed E-state index contributed by atoms with van der Waals surface area (Å²) in [5.74, 6) is -0.383. The third-order valence-electron chi connectivity index (χ3n) is 2.13. The van der Waals surface area contributed by atoms with Crippen molar-refractivity contribution in [3.63, 3.8) is 0 Å². The second kappa shape index (κ2) is 4.65. The van der Waals surface area contributed by atoms with Gasteiger partial charge in [0, 0.05) is 0 Å². The van der Waals surface area contributed by atoms with Crippen LogP contribution >= 0.6 is 0 Å². The molecule has 2 aromatic rings. The van der Waals surface area contributed by atoms with Crippen LogP contribution in [0.2, 0.25) is 0 Å². The quantitative estimate of drug-likeness (QED) is 0.865. The molecule has 0 aliphatic rings. The molecule has 1 heterocycles. The Balaban J connectivity index is 2.17. The molecule has 0 bridgehead atoms. The van der Waals surface area contributed by atoms with Crippen LogP contribution in [-0.4, -0.2) is 21.2 Å². The minimum Gasteiger partial charge on any atom is -0.485 e. The summed E-state index contributed by atoms with van der Waals surface area (Å²) in [5, 5.41) is 12.6. The van der Waals surface area contributed by atoms with Crippen molar-refractivity contribution >= 4 is 5.97 Å². The number of carboxylic acids is 1. The fourth-order valence-electron chi connectivity index (χ4n) is 1.34. The molecule has 0 aliphatic heterocycles. The van der Waals surface area contributed by atoms with E-state index in [1.165, 1.54) is 6.39 Å². The standard InChI is InChI=1S/C11H10N2O4/c1-7-2-3-9(8(4-7)11(14)15)16-5-10-12-6-17-13-10/h2-4,6H,5H2,1H3,(H,14,15). The molecule has 0 saturated carbocycles. The van der Waals surface area contributed by atoms with Gasteiger partial charge in [-0.05, 0) is 19.1 Å². The molecule has 0 atom stereocenters. The Morgan fingerprint density at radius 3 is 3.00 bits per heavy atom. The molecule has 6 nitrogen and oxygen atoms in total. The largest absolute Gasteiger partial charge is 0.485 e. The lowest BCUT2D eigenvalue weighted by atomic mass is 10.1. The van der Waals surface area contributed by atoms with Gasteiger partial charge in [0.15, 0.2) is 6.61 Å². The molecule has 1 aromatic carbocycles. The van der Waals surface area contributed by atoms with Crippen LogP contribution < -0.4 is 4.74 Å². The van der Waals surface area contributed by atoms with Crippen molar-refractivity contribution in [2.45, 2.75) is 13.5 Å². The summed E-state index contributed by atoms with van der Waals surface area (Å²) in [6.45, 7) is 1.88. The van der Waals surface area contributed by atoms with Gasteiger partial charge < -0.3 is 14.4 Å². The van der Waals surface area contributed by atoms with Gasteiger partial charge in [-0.15, -0.1) is 0 Å². The van der Waals surface area contributed by atoms with E-state index in [0.29, 0.717) is 5.82 Å². The van der Waals surface area contributed by atoms with Gasteiger partial charge in [-0.25, -0.2) is 4.79 Å². The van der Waals surface area contributed by atoms with Gasteiger partial charge in [0.1, 0.15) is 11.3 Å². The summed E-state index contributed by atoms with van der Waals surface area (Å²) in [6.07, 6.45) is 1.19. The maximum absolute atomic E-state index is 11.0. The highest BCUT2D eigenvalue weighted by atomic mass is 16.5. The number of carboxylic acid groups (broad SMARTS) is 1. The van der Waals surface area contributed by atoms with Crippen molar-refractivity contribution in [1.29, 1.82) is 0 Å². The second-order valence-corrected chi connectivity index (χ2v) is 3.44. The second-order valence-electron chi connectivity index (χ2n) is 3.44. The van der Waals surface area contributed by atoms with Gasteiger partial charge in [-0.3, -0.25) is 0 Å². The topological polar surface area (TPSA) is 85.5 Å². The number of aromatic nitrogens is 2. The van der Waals surface area contributed by atoms with E-state index in [1.807, 2.05) is 6.92 Å². The SMILES string of the molecule is Cc1ccc(OCc2ncon2)c(C(=O)O)c1. The molecule has 6 heteroatoms. The summed E-state index contributed by atoms with van der Waals surface area (Å²) in [6, 6.07) is 4.94. The Labute approximate surface area is 96.8 Å². The average molecular weight is 234 g/mol. The van der Waals surface area contributed by atoms with Crippen molar-refractivity contribution in [1.82, 2.24) is 10.1 Å². The first-order chi connectivity index (χ1) is 8.16. The van der Waals surface area contributed by atoms with Crippen LogP contribution in [0.25, 0.3) is 0 Å². The third-order valence-corrected chi connectivity index (χ3v) is 2.13. The van der Waals surface area contributed by atoms with Crippen LogP contribution in [0.5, 0.6) is 5.75 Å². The fourth-order valence-corrected chi connectivity index (χ4v) is 1.34. The Bertz CT molecular complexity index is 522. The highest BCUT2D eigenvalue weighted by Gasteiger charge is 2.12. The van der Waals surface area contributed by atoms with Crippen molar-refractivity contribution in [2.24, 2.45) is 0 Å². The third kappa shape index (κ3) is 2.60. The Hall–Kier alpha value is -2.37. The first kappa shape index (κ1) is 11.1. The number of nitrogens with zero attached hydrogens (tertiary/aromatic N) is 2. The number of carbonyl (C=O) groups is 1. The van der Waals surface area contributed by atoms with Gasteiger partial charge in [-0.1, -0.05) is 16.8 Å². The van der Waals surface area contributed by atoms with Gasteiger partial charge in [0.25, 0.3) is 0 Å². The molecule has 1 aromatic heterocycles. The zero-order valence-corrected chi connectivity index (χ0v) is 9.08. The van der Waals surface area contributed by atoms with E-state index in [-0.39, 0.29) is 17.9 Å².